The topological polar surface area (TPSA) is 157 Å². The number of benzene rings is 2. The minimum absolute atomic E-state index is 0.194. The maximum atomic E-state index is 14.4. The van der Waals surface area contributed by atoms with Crippen molar-refractivity contribution in [2.24, 2.45) is 5.92 Å². The minimum Gasteiger partial charge on any atom is -0.339 e. The maximum Gasteiger partial charge on any atom is 0.315 e. The maximum absolute atomic E-state index is 14.4. The van der Waals surface area contributed by atoms with Crippen LogP contribution in [0.2, 0.25) is 0 Å². The molecule has 0 bridgehead atoms. The third-order valence-corrected chi connectivity index (χ3v) is 12.7. The number of rotatable bonds is 7. The van der Waals surface area contributed by atoms with Crippen molar-refractivity contribution in [3.63, 3.8) is 0 Å². The third-order valence-electron chi connectivity index (χ3n) is 10.9. The summed E-state index contributed by atoms with van der Waals surface area (Å²) in [5.74, 6) is -2.10. The molecule has 3 fully saturated rings. The van der Waals surface area contributed by atoms with Gasteiger partial charge in [-0.3, -0.25) is 24.0 Å². The van der Waals surface area contributed by atoms with Gasteiger partial charge >= 0.3 is 6.03 Å². The predicted molar refractivity (Wildman–Crippen MR) is 185 cm³/mol. The Bertz CT molecular complexity index is 1780. The zero-order valence-electron chi connectivity index (χ0n) is 28.0. The van der Waals surface area contributed by atoms with Gasteiger partial charge in [0.1, 0.15) is 24.3 Å². The lowest BCUT2D eigenvalue weighted by Gasteiger charge is -2.34. The van der Waals surface area contributed by atoms with Crippen molar-refractivity contribution in [3.8, 4) is 0 Å². The van der Waals surface area contributed by atoms with Crippen LogP contribution in [0.1, 0.15) is 68.9 Å². The molecule has 0 radical (unpaired) electrons. The van der Waals surface area contributed by atoms with Gasteiger partial charge in [0.25, 0.3) is 5.91 Å². The molecule has 5 atom stereocenters. The van der Waals surface area contributed by atoms with Crippen molar-refractivity contribution in [1.29, 1.82) is 0 Å². The Morgan fingerprint density at radius 1 is 1.00 bits per heavy atom. The molecule has 14 heteroatoms. The van der Waals surface area contributed by atoms with Crippen molar-refractivity contribution in [1.82, 2.24) is 30.5 Å². The first-order valence-electron chi connectivity index (χ1n) is 17.8. The highest BCUT2D eigenvalue weighted by Gasteiger charge is 2.62. The third kappa shape index (κ3) is 6.96. The van der Waals surface area contributed by atoms with E-state index >= 15 is 0 Å². The number of sulfonamides is 1. The fourth-order valence-corrected chi connectivity index (χ4v) is 9.29. The van der Waals surface area contributed by atoms with E-state index in [1.54, 1.807) is 0 Å². The van der Waals surface area contributed by atoms with E-state index in [0.717, 1.165) is 29.4 Å². The van der Waals surface area contributed by atoms with Gasteiger partial charge in [-0.25, -0.2) is 17.6 Å². The Morgan fingerprint density at radius 2 is 1.74 bits per heavy atom. The smallest absolute Gasteiger partial charge is 0.315 e. The number of hydrogen-bond donors (Lipinski definition) is 4. The van der Waals surface area contributed by atoms with Gasteiger partial charge < -0.3 is 20.9 Å². The number of fused-ring (bicyclic) bond motifs is 2. The van der Waals surface area contributed by atoms with Crippen LogP contribution in [-0.2, 0) is 37.5 Å². The summed E-state index contributed by atoms with van der Waals surface area (Å²) in [5, 5.41) is 9.87. The molecule has 50 heavy (non-hydrogen) atoms. The van der Waals surface area contributed by atoms with Crippen molar-refractivity contribution >= 4 is 44.5 Å². The molecule has 2 aromatic rings. The van der Waals surface area contributed by atoms with E-state index < -0.39 is 63.3 Å². The normalized spacial score (nSPS) is 29.5. The van der Waals surface area contributed by atoms with Crippen LogP contribution in [-0.4, -0.2) is 90.6 Å². The number of carbonyl (C=O) groups excluding carboxylic acids is 4. The van der Waals surface area contributed by atoms with E-state index in [9.17, 15) is 32.0 Å². The Kier molecular flexibility index (Phi) is 9.59. The van der Waals surface area contributed by atoms with Gasteiger partial charge in [-0.2, -0.15) is 0 Å². The summed E-state index contributed by atoms with van der Waals surface area (Å²) in [6, 6.07) is 9.63. The molecule has 2 aromatic carbocycles. The predicted octanol–water partition coefficient (Wildman–Crippen LogP) is 2.77. The van der Waals surface area contributed by atoms with Crippen LogP contribution < -0.4 is 20.7 Å². The largest absolute Gasteiger partial charge is 0.339 e. The summed E-state index contributed by atoms with van der Waals surface area (Å²) < 4.78 is 40.7. The minimum atomic E-state index is -3.86. The number of carbonyl (C=O) groups is 4. The molecule has 5 amide bonds. The van der Waals surface area contributed by atoms with E-state index in [4.69, 9.17) is 0 Å². The van der Waals surface area contributed by atoms with Crippen molar-refractivity contribution in [2.75, 3.05) is 19.8 Å². The van der Waals surface area contributed by atoms with Gasteiger partial charge in [0.15, 0.2) is 0 Å². The number of nitrogens with zero attached hydrogens (tertiary/aromatic N) is 2. The SMILES string of the molecule is O=C(NCCF)NC1CCCCC/C=C/C2CC2(C(=O)NS(=O)(=O)C2CC2)NC(=O)C2C[C@@H](N3Cc4cccc5cccc(c45)C3)CN2C1=O. The zero-order valence-corrected chi connectivity index (χ0v) is 28.9. The monoisotopic (exact) mass is 708 g/mol. The second-order valence-electron chi connectivity index (χ2n) is 14.4. The molecule has 4 unspecified atom stereocenters. The van der Waals surface area contributed by atoms with E-state index in [0.29, 0.717) is 45.2 Å². The molecular weight excluding hydrogens is 663 g/mol. The quantitative estimate of drug-likeness (QED) is 0.323. The first-order chi connectivity index (χ1) is 24.1. The van der Waals surface area contributed by atoms with Gasteiger partial charge in [-0.05, 0) is 66.8 Å². The fourth-order valence-electron chi connectivity index (χ4n) is 7.93. The lowest BCUT2D eigenvalue weighted by atomic mass is 9.94. The molecule has 4 N–H and O–H groups in total. The van der Waals surface area contributed by atoms with Crippen LogP contribution in [0.25, 0.3) is 10.8 Å². The highest BCUT2D eigenvalue weighted by Crippen LogP contribution is 2.46. The second-order valence-corrected chi connectivity index (χ2v) is 16.3. The molecule has 0 aromatic heterocycles. The zero-order chi connectivity index (χ0) is 35.0. The number of amides is 5. The van der Waals surface area contributed by atoms with Gasteiger partial charge in [0.2, 0.25) is 21.8 Å². The first-order valence-corrected chi connectivity index (χ1v) is 19.3. The summed E-state index contributed by atoms with van der Waals surface area (Å²) in [4.78, 5) is 58.9. The molecule has 3 heterocycles. The Morgan fingerprint density at radius 3 is 2.44 bits per heavy atom. The van der Waals surface area contributed by atoms with Crippen LogP contribution in [0, 0.1) is 5.92 Å². The number of urea groups is 1. The van der Waals surface area contributed by atoms with Crippen LogP contribution >= 0.6 is 0 Å². The van der Waals surface area contributed by atoms with Gasteiger partial charge in [-0.1, -0.05) is 61.4 Å². The lowest BCUT2D eigenvalue weighted by Crippen LogP contribution is -2.58. The number of alkyl halides is 1. The lowest BCUT2D eigenvalue weighted by molar-refractivity contribution is -0.141. The Balaban J connectivity index is 1.18. The Hall–Kier alpha value is -4.04. The van der Waals surface area contributed by atoms with Gasteiger partial charge in [0, 0.05) is 38.1 Å². The average Bonchev–Trinajstić information content (AvgIpc) is 4.02. The summed E-state index contributed by atoms with van der Waals surface area (Å²) in [6.45, 7) is 0.529. The number of allylic oxidation sites excluding steroid dienone is 1. The van der Waals surface area contributed by atoms with Crippen molar-refractivity contribution in [3.05, 3.63) is 59.7 Å². The standard InChI is InChI=1S/C36H45FN6O6S/c37-16-17-38-35(47)39-29-13-5-3-1-2-4-12-26-19-36(26,34(46)41-50(48,49)28-14-15-28)40-32(44)30-18-27(22-43(30)33(29)45)42-20-24-10-6-8-23-9-7-11-25(21-42)31(23)24/h4,6-12,26-30H,1-3,5,13-22H2,(H,40,44)(H,41,46)(H2,38,39,47)/b12-4+/t26?,27-,29?,30?,36?/m1/s1. The molecule has 268 valence electrons. The van der Waals surface area contributed by atoms with Crippen molar-refractivity contribution < 1.29 is 32.0 Å². The van der Waals surface area contributed by atoms with Crippen LogP contribution in [0.15, 0.2) is 48.6 Å². The molecule has 3 aliphatic heterocycles. The molecule has 12 nitrogen and oxygen atoms in total. The summed E-state index contributed by atoms with van der Waals surface area (Å²) in [5.41, 5.74) is 0.870. The van der Waals surface area contributed by atoms with E-state index in [-0.39, 0.29) is 37.9 Å². The van der Waals surface area contributed by atoms with Crippen molar-refractivity contribution in [2.45, 2.75) is 99.8 Å². The molecule has 2 saturated carbocycles. The number of nitrogens with one attached hydrogen (secondary N) is 4. The van der Waals surface area contributed by atoms with Crippen LogP contribution in [0.3, 0.4) is 0 Å². The van der Waals surface area contributed by atoms with Gasteiger partial charge in [0.05, 0.1) is 5.25 Å². The van der Waals surface area contributed by atoms with E-state index in [2.05, 4.69) is 49.8 Å². The number of halogens is 1. The molecule has 7 rings (SSSR count). The molecular formula is C36H45FN6O6S. The molecule has 2 aliphatic carbocycles. The van der Waals surface area contributed by atoms with Crippen LogP contribution in [0.5, 0.6) is 0 Å². The second kappa shape index (κ2) is 13.9. The van der Waals surface area contributed by atoms with E-state index in [1.165, 1.54) is 10.3 Å². The molecule has 5 aliphatic rings. The number of hydrogen-bond acceptors (Lipinski definition) is 7. The average molecular weight is 709 g/mol. The Labute approximate surface area is 291 Å². The van der Waals surface area contributed by atoms with E-state index in [1.807, 2.05) is 24.3 Å². The summed E-state index contributed by atoms with van der Waals surface area (Å²) >= 11 is 0. The highest BCUT2D eigenvalue weighted by molar-refractivity contribution is 7.91. The highest BCUT2D eigenvalue weighted by atomic mass is 32.2. The van der Waals surface area contributed by atoms with Crippen LogP contribution in [0.4, 0.5) is 9.18 Å². The van der Waals surface area contributed by atoms with Gasteiger partial charge in [-0.15, -0.1) is 0 Å². The summed E-state index contributed by atoms with van der Waals surface area (Å²) in [6.07, 6.45) is 8.62. The summed E-state index contributed by atoms with van der Waals surface area (Å²) in [7, 11) is -3.86. The fraction of sp³-hybridized carbons (Fsp3) is 0.556. The molecule has 0 spiro atoms. The molecule has 1 saturated heterocycles. The first kappa shape index (κ1) is 34.4.